The third-order valence-corrected chi connectivity index (χ3v) is 4.57. The summed E-state index contributed by atoms with van der Waals surface area (Å²) in [7, 11) is -3.93. The molecule has 1 rings (SSSR count). The number of nitrogens with one attached hydrogen (secondary N) is 2. The maximum atomic E-state index is 12.1. The van der Waals surface area contributed by atoms with Gasteiger partial charge in [-0.05, 0) is 30.5 Å². The van der Waals surface area contributed by atoms with Crippen molar-refractivity contribution in [3.05, 3.63) is 24.3 Å². The predicted octanol–water partition coefficient (Wildman–Crippen LogP) is 0.740. The zero-order valence-corrected chi connectivity index (χ0v) is 13.1. The van der Waals surface area contributed by atoms with Crippen molar-refractivity contribution < 1.29 is 23.1 Å². The van der Waals surface area contributed by atoms with Crippen LogP contribution in [0.4, 0.5) is 5.69 Å². The SMILES string of the molecule is CSCC(NS(=O)(=O)c1ccc(NC(C)=O)cc1)C(=O)O. The van der Waals surface area contributed by atoms with E-state index in [4.69, 9.17) is 5.11 Å². The first-order chi connectivity index (χ1) is 9.76. The summed E-state index contributed by atoms with van der Waals surface area (Å²) in [6.45, 7) is 1.34. The molecule has 7 nitrogen and oxygen atoms in total. The Morgan fingerprint density at radius 3 is 2.29 bits per heavy atom. The van der Waals surface area contributed by atoms with E-state index in [0.717, 1.165) is 0 Å². The summed E-state index contributed by atoms with van der Waals surface area (Å²) < 4.78 is 26.3. The Kier molecular flexibility index (Phi) is 6.19. The van der Waals surface area contributed by atoms with E-state index < -0.39 is 22.0 Å². The van der Waals surface area contributed by atoms with Crippen molar-refractivity contribution in [1.29, 1.82) is 0 Å². The zero-order chi connectivity index (χ0) is 16.0. The number of hydrogen-bond donors (Lipinski definition) is 3. The van der Waals surface area contributed by atoms with Crippen LogP contribution in [0.3, 0.4) is 0 Å². The Labute approximate surface area is 127 Å². The van der Waals surface area contributed by atoms with Gasteiger partial charge in [-0.3, -0.25) is 9.59 Å². The lowest BCUT2D eigenvalue weighted by Gasteiger charge is -2.14. The molecule has 0 aromatic heterocycles. The Morgan fingerprint density at radius 1 is 1.29 bits per heavy atom. The number of carbonyl (C=O) groups is 2. The van der Waals surface area contributed by atoms with Gasteiger partial charge in [0, 0.05) is 18.4 Å². The summed E-state index contributed by atoms with van der Waals surface area (Å²) in [5, 5.41) is 11.5. The molecule has 0 heterocycles. The van der Waals surface area contributed by atoms with Crippen LogP contribution in [0.2, 0.25) is 0 Å². The topological polar surface area (TPSA) is 113 Å². The number of rotatable bonds is 7. The third kappa shape index (κ3) is 5.37. The minimum Gasteiger partial charge on any atom is -0.480 e. The number of amides is 1. The second-order valence-corrected chi connectivity index (χ2v) is 6.80. The summed E-state index contributed by atoms with van der Waals surface area (Å²) in [5.74, 6) is -1.38. The van der Waals surface area contributed by atoms with Crippen LogP contribution in [0.25, 0.3) is 0 Å². The number of anilines is 1. The molecule has 116 valence electrons. The van der Waals surface area contributed by atoms with Crippen LogP contribution in [0.15, 0.2) is 29.2 Å². The van der Waals surface area contributed by atoms with Gasteiger partial charge in [0.25, 0.3) is 0 Å². The monoisotopic (exact) mass is 332 g/mol. The fraction of sp³-hybridized carbons (Fsp3) is 0.333. The van der Waals surface area contributed by atoms with E-state index in [-0.39, 0.29) is 16.6 Å². The van der Waals surface area contributed by atoms with Gasteiger partial charge in [-0.2, -0.15) is 16.5 Å². The lowest BCUT2D eigenvalue weighted by atomic mass is 10.3. The highest BCUT2D eigenvalue weighted by atomic mass is 32.2. The Morgan fingerprint density at radius 2 is 1.86 bits per heavy atom. The van der Waals surface area contributed by atoms with Crippen LogP contribution in [-0.2, 0) is 19.6 Å². The fourth-order valence-electron chi connectivity index (χ4n) is 1.50. The van der Waals surface area contributed by atoms with Crippen molar-refractivity contribution >= 4 is 39.3 Å². The highest BCUT2D eigenvalue weighted by Gasteiger charge is 2.24. The van der Waals surface area contributed by atoms with E-state index in [1.54, 1.807) is 6.26 Å². The van der Waals surface area contributed by atoms with Crippen LogP contribution in [0.1, 0.15) is 6.92 Å². The van der Waals surface area contributed by atoms with Gasteiger partial charge in [0.1, 0.15) is 6.04 Å². The minimum absolute atomic E-state index is 0.0658. The molecule has 9 heteroatoms. The second-order valence-electron chi connectivity index (χ2n) is 4.17. The predicted molar refractivity (Wildman–Crippen MR) is 80.9 cm³/mol. The molecule has 0 bridgehead atoms. The molecule has 1 aromatic rings. The Balaban J connectivity index is 2.91. The molecule has 0 saturated heterocycles. The number of carboxylic acid groups (broad SMARTS) is 1. The van der Waals surface area contributed by atoms with Gasteiger partial charge in [0.15, 0.2) is 0 Å². The van der Waals surface area contributed by atoms with Crippen LogP contribution in [0.5, 0.6) is 0 Å². The van der Waals surface area contributed by atoms with E-state index in [0.29, 0.717) is 5.69 Å². The van der Waals surface area contributed by atoms with Gasteiger partial charge < -0.3 is 10.4 Å². The van der Waals surface area contributed by atoms with Crippen molar-refractivity contribution in [3.63, 3.8) is 0 Å². The molecule has 21 heavy (non-hydrogen) atoms. The third-order valence-electron chi connectivity index (χ3n) is 2.41. The molecule has 0 spiro atoms. The van der Waals surface area contributed by atoms with E-state index >= 15 is 0 Å². The van der Waals surface area contributed by atoms with Crippen molar-refractivity contribution in [2.24, 2.45) is 0 Å². The normalized spacial score (nSPS) is 12.7. The first kappa shape index (κ1) is 17.5. The fourth-order valence-corrected chi connectivity index (χ4v) is 3.35. The lowest BCUT2D eigenvalue weighted by molar-refractivity contribution is -0.138. The van der Waals surface area contributed by atoms with Crippen LogP contribution in [-0.4, -0.2) is 43.5 Å². The summed E-state index contributed by atoms with van der Waals surface area (Å²) in [4.78, 5) is 21.8. The van der Waals surface area contributed by atoms with Gasteiger partial charge in [0.2, 0.25) is 15.9 Å². The van der Waals surface area contributed by atoms with Crippen LogP contribution >= 0.6 is 11.8 Å². The lowest BCUT2D eigenvalue weighted by Crippen LogP contribution is -2.42. The quantitative estimate of drug-likeness (QED) is 0.679. The minimum atomic E-state index is -3.93. The van der Waals surface area contributed by atoms with Gasteiger partial charge in [-0.1, -0.05) is 0 Å². The molecule has 0 aliphatic rings. The Hall–Kier alpha value is -1.58. The molecule has 1 amide bonds. The molecule has 0 radical (unpaired) electrons. The number of carbonyl (C=O) groups excluding carboxylic acids is 1. The van der Waals surface area contributed by atoms with Crippen LogP contribution < -0.4 is 10.0 Å². The summed E-state index contributed by atoms with van der Waals surface area (Å²) in [5.41, 5.74) is 0.459. The number of hydrogen-bond acceptors (Lipinski definition) is 5. The molecule has 0 saturated carbocycles. The zero-order valence-electron chi connectivity index (χ0n) is 11.5. The van der Waals surface area contributed by atoms with Crippen LogP contribution in [0, 0.1) is 0 Å². The second kappa shape index (κ2) is 7.43. The molecule has 0 aliphatic carbocycles. The number of thioether (sulfide) groups is 1. The Bertz CT molecular complexity index is 613. The van der Waals surface area contributed by atoms with Crippen molar-refractivity contribution in [2.75, 3.05) is 17.3 Å². The number of benzene rings is 1. The molecule has 0 fully saturated rings. The van der Waals surface area contributed by atoms with E-state index in [9.17, 15) is 18.0 Å². The van der Waals surface area contributed by atoms with Crippen molar-refractivity contribution in [3.8, 4) is 0 Å². The summed E-state index contributed by atoms with van der Waals surface area (Å²) >= 11 is 1.23. The maximum Gasteiger partial charge on any atom is 0.322 e. The molecular formula is C12H16N2O5S2. The average Bonchev–Trinajstić information content (AvgIpc) is 2.37. The smallest absolute Gasteiger partial charge is 0.322 e. The van der Waals surface area contributed by atoms with Gasteiger partial charge in [-0.15, -0.1) is 0 Å². The van der Waals surface area contributed by atoms with Gasteiger partial charge >= 0.3 is 5.97 Å². The number of carboxylic acids is 1. The molecule has 1 aromatic carbocycles. The standard InChI is InChI=1S/C12H16N2O5S2/c1-8(15)13-9-3-5-10(6-4-9)21(18,19)14-11(7-20-2)12(16)17/h3-6,11,14H,7H2,1-2H3,(H,13,15)(H,16,17). The highest BCUT2D eigenvalue weighted by Crippen LogP contribution is 2.15. The number of aliphatic carboxylic acids is 1. The van der Waals surface area contributed by atoms with Gasteiger partial charge in [-0.25, -0.2) is 8.42 Å². The first-order valence-corrected chi connectivity index (χ1v) is 8.75. The molecule has 1 atom stereocenters. The highest BCUT2D eigenvalue weighted by molar-refractivity contribution is 7.98. The summed E-state index contributed by atoms with van der Waals surface area (Å²) in [6, 6.07) is 4.26. The van der Waals surface area contributed by atoms with Crippen molar-refractivity contribution in [1.82, 2.24) is 4.72 Å². The first-order valence-electron chi connectivity index (χ1n) is 5.88. The average molecular weight is 332 g/mol. The molecule has 1 unspecified atom stereocenters. The van der Waals surface area contributed by atoms with Crippen molar-refractivity contribution in [2.45, 2.75) is 17.9 Å². The molecular weight excluding hydrogens is 316 g/mol. The maximum absolute atomic E-state index is 12.1. The number of sulfonamides is 1. The summed E-state index contributed by atoms with van der Waals surface area (Å²) in [6.07, 6.45) is 1.69. The molecule has 0 aliphatic heterocycles. The van der Waals surface area contributed by atoms with Gasteiger partial charge in [0.05, 0.1) is 4.90 Å². The largest absolute Gasteiger partial charge is 0.480 e. The van der Waals surface area contributed by atoms with E-state index in [1.807, 2.05) is 0 Å². The van der Waals surface area contributed by atoms with E-state index in [2.05, 4.69) is 10.0 Å². The molecule has 3 N–H and O–H groups in total. The van der Waals surface area contributed by atoms with E-state index in [1.165, 1.54) is 43.0 Å².